The lowest BCUT2D eigenvalue weighted by molar-refractivity contribution is 0.0979. The van der Waals surface area contributed by atoms with Crippen molar-refractivity contribution in [3.63, 3.8) is 0 Å². The fourth-order valence-electron chi connectivity index (χ4n) is 4.30. The Bertz CT molecular complexity index is 1590. The number of fused-ring (bicyclic) bond motifs is 2. The lowest BCUT2D eigenvalue weighted by Crippen LogP contribution is -2.30. The van der Waals surface area contributed by atoms with E-state index in [9.17, 15) is 13.8 Å². The molecule has 0 radical (unpaired) electrons. The molecule has 4 aromatic rings. The molecule has 0 saturated heterocycles. The molecule has 0 aliphatic carbocycles. The Kier molecular flexibility index (Phi) is 7.18. The molecular weight excluding hydrogens is 524 g/mol. The molecule has 38 heavy (non-hydrogen) atoms. The Labute approximate surface area is 227 Å². The molecule has 0 aromatic heterocycles. The summed E-state index contributed by atoms with van der Waals surface area (Å²) in [7, 11) is 1.42. The maximum Gasteiger partial charge on any atom is 0.259 e. The molecule has 192 valence electrons. The number of nitrogens with zero attached hydrogens (tertiary/aromatic N) is 1. The zero-order chi connectivity index (χ0) is 26.8. The second-order valence-corrected chi connectivity index (χ2v) is 10.3. The van der Waals surface area contributed by atoms with Gasteiger partial charge in [0, 0.05) is 22.3 Å². The maximum atomic E-state index is 13.8. The summed E-state index contributed by atoms with van der Waals surface area (Å²) in [5, 5.41) is 3.39. The minimum atomic E-state index is -1.63. The predicted octanol–water partition coefficient (Wildman–Crippen LogP) is 5.94. The van der Waals surface area contributed by atoms with Gasteiger partial charge in [-0.25, -0.2) is 4.21 Å². The van der Waals surface area contributed by atoms with E-state index in [1.54, 1.807) is 78.9 Å². The van der Waals surface area contributed by atoms with Crippen molar-refractivity contribution >= 4 is 45.6 Å². The van der Waals surface area contributed by atoms with E-state index in [1.807, 2.05) is 6.07 Å². The summed E-state index contributed by atoms with van der Waals surface area (Å²) < 4.78 is 24.2. The Morgan fingerprint density at radius 2 is 1.68 bits per heavy atom. The first-order valence-electron chi connectivity index (χ1n) is 11.6. The molecule has 7 nitrogen and oxygen atoms in total. The molecule has 0 bridgehead atoms. The van der Waals surface area contributed by atoms with Gasteiger partial charge in [0.1, 0.15) is 0 Å². The van der Waals surface area contributed by atoms with E-state index in [-0.39, 0.29) is 12.5 Å². The van der Waals surface area contributed by atoms with Crippen molar-refractivity contribution in [1.29, 1.82) is 0 Å². The first kappa shape index (κ1) is 25.5. The normalized spacial score (nSPS) is 14.2. The van der Waals surface area contributed by atoms with Gasteiger partial charge in [0.25, 0.3) is 11.8 Å². The quantitative estimate of drug-likeness (QED) is 0.324. The summed E-state index contributed by atoms with van der Waals surface area (Å²) in [6.45, 7) is 0.179. The molecule has 0 fully saturated rings. The van der Waals surface area contributed by atoms with E-state index < -0.39 is 16.7 Å². The van der Waals surface area contributed by atoms with E-state index in [2.05, 4.69) is 5.32 Å². The number of hydrogen-bond donors (Lipinski definition) is 1. The highest BCUT2D eigenvalue weighted by molar-refractivity contribution is 7.85. The zero-order valence-electron chi connectivity index (χ0n) is 20.6. The smallest absolute Gasteiger partial charge is 0.259 e. The van der Waals surface area contributed by atoms with Crippen molar-refractivity contribution < 1.29 is 23.3 Å². The van der Waals surface area contributed by atoms with Crippen molar-refractivity contribution in [2.24, 2.45) is 0 Å². The van der Waals surface area contributed by atoms with Gasteiger partial charge in [0.15, 0.2) is 11.5 Å². The largest absolute Gasteiger partial charge is 0.493 e. The molecule has 0 unspecified atom stereocenters. The molecule has 1 aliphatic heterocycles. The van der Waals surface area contributed by atoms with E-state index in [0.29, 0.717) is 48.8 Å². The van der Waals surface area contributed by atoms with Gasteiger partial charge in [-0.2, -0.15) is 0 Å². The number of hydrogen-bond acceptors (Lipinski definition) is 5. The number of rotatable bonds is 6. The highest BCUT2D eigenvalue weighted by Gasteiger charge is 2.31. The van der Waals surface area contributed by atoms with E-state index >= 15 is 0 Å². The summed E-state index contributed by atoms with van der Waals surface area (Å²) in [5.41, 5.74) is 2.34. The van der Waals surface area contributed by atoms with Crippen molar-refractivity contribution in [3.05, 3.63) is 107 Å². The average Bonchev–Trinajstić information content (AvgIpc) is 3.02. The van der Waals surface area contributed by atoms with Crippen LogP contribution in [0.1, 0.15) is 26.3 Å². The summed E-state index contributed by atoms with van der Waals surface area (Å²) in [6.07, 6.45) is 0. The van der Waals surface area contributed by atoms with Gasteiger partial charge in [-0.05, 0) is 60.2 Å². The molecule has 1 heterocycles. The van der Waals surface area contributed by atoms with Crippen LogP contribution in [0.3, 0.4) is 0 Å². The summed E-state index contributed by atoms with van der Waals surface area (Å²) in [4.78, 5) is 29.4. The molecule has 0 saturated carbocycles. The van der Waals surface area contributed by atoms with Gasteiger partial charge in [-0.3, -0.25) is 9.59 Å². The lowest BCUT2D eigenvalue weighted by Gasteiger charge is -2.24. The molecule has 0 spiro atoms. The summed E-state index contributed by atoms with van der Waals surface area (Å²) >= 11 is 6.20. The Morgan fingerprint density at radius 3 is 2.45 bits per heavy atom. The molecule has 4 aromatic carbocycles. The zero-order valence-corrected chi connectivity index (χ0v) is 22.1. The molecule has 5 rings (SSSR count). The number of ether oxygens (including phenoxy) is 2. The lowest BCUT2D eigenvalue weighted by atomic mass is 10.1. The van der Waals surface area contributed by atoms with Crippen molar-refractivity contribution in [2.45, 2.75) is 16.3 Å². The topological polar surface area (TPSA) is 84.9 Å². The van der Waals surface area contributed by atoms with Crippen molar-refractivity contribution in [2.75, 3.05) is 24.4 Å². The van der Waals surface area contributed by atoms with Crippen LogP contribution < -0.4 is 19.7 Å². The molecule has 1 aliphatic rings. The minimum Gasteiger partial charge on any atom is -0.493 e. The fourth-order valence-corrected chi connectivity index (χ4v) is 5.85. The second-order valence-electron chi connectivity index (χ2n) is 8.49. The summed E-state index contributed by atoms with van der Waals surface area (Å²) in [6, 6.07) is 23.9. The highest BCUT2D eigenvalue weighted by Crippen LogP contribution is 2.37. The summed E-state index contributed by atoms with van der Waals surface area (Å²) in [5.74, 6) is 0.291. The van der Waals surface area contributed by atoms with Crippen LogP contribution in [0.15, 0.2) is 94.7 Å². The van der Waals surface area contributed by atoms with Gasteiger partial charge < -0.3 is 19.7 Å². The number of amides is 2. The third-order valence-corrected chi connectivity index (χ3v) is 7.88. The Morgan fingerprint density at radius 1 is 0.895 bits per heavy atom. The van der Waals surface area contributed by atoms with Gasteiger partial charge in [0.2, 0.25) is 0 Å². The number of nitrogens with one attached hydrogen (secondary N) is 1. The number of anilines is 2. The van der Waals surface area contributed by atoms with Crippen LogP contribution in [-0.2, 0) is 17.3 Å². The number of benzene rings is 4. The van der Waals surface area contributed by atoms with Crippen LogP contribution in [0.25, 0.3) is 0 Å². The Balaban J connectivity index is 1.56. The monoisotopic (exact) mass is 546 g/mol. The van der Waals surface area contributed by atoms with Gasteiger partial charge >= 0.3 is 0 Å². The van der Waals surface area contributed by atoms with Gasteiger partial charge in [0.05, 0.1) is 52.6 Å². The van der Waals surface area contributed by atoms with Crippen molar-refractivity contribution in [1.82, 2.24) is 0 Å². The third kappa shape index (κ3) is 4.88. The van der Waals surface area contributed by atoms with Crippen LogP contribution >= 0.6 is 11.6 Å². The number of carbonyl (C=O) groups excluding carboxylic acids is 2. The number of carbonyl (C=O) groups is 2. The predicted molar refractivity (Wildman–Crippen MR) is 147 cm³/mol. The minimum absolute atomic E-state index is 0.179. The fraction of sp³-hybridized carbons (Fsp3) is 0.103. The molecular formula is C29H23ClN2O5S. The van der Waals surface area contributed by atoms with Crippen LogP contribution in [0, 0.1) is 0 Å². The first-order chi connectivity index (χ1) is 18.4. The SMILES string of the molecule is COc1ccc(NC(=O)c2ccc3c(c2)N(Cc2cccc(Cl)c2)C(=O)c2ccccc2[S@]3=O)cc1OC. The molecule has 2 amide bonds. The molecule has 9 heteroatoms. The van der Waals surface area contributed by atoms with E-state index in [4.69, 9.17) is 21.1 Å². The third-order valence-electron chi connectivity index (χ3n) is 6.15. The van der Waals surface area contributed by atoms with Crippen molar-refractivity contribution in [3.8, 4) is 11.5 Å². The highest BCUT2D eigenvalue weighted by atomic mass is 35.5. The van der Waals surface area contributed by atoms with Crippen LogP contribution in [0.4, 0.5) is 11.4 Å². The standard InChI is InChI=1S/C29H23ClN2O5S/c1-36-24-12-11-21(16-25(24)37-2)31-28(33)19-10-13-27-23(15-19)32(17-18-6-5-7-20(30)14-18)29(34)22-8-3-4-9-26(22)38(27)35/h3-16H,17H2,1-2H3,(H,31,33)/t38-/m1/s1. The van der Waals surface area contributed by atoms with Gasteiger partial charge in [-0.1, -0.05) is 35.9 Å². The van der Waals surface area contributed by atoms with E-state index in [0.717, 1.165) is 5.56 Å². The van der Waals surface area contributed by atoms with E-state index in [1.165, 1.54) is 19.1 Å². The van der Waals surface area contributed by atoms with Crippen LogP contribution in [0.5, 0.6) is 11.5 Å². The van der Waals surface area contributed by atoms with Crippen LogP contribution in [-0.4, -0.2) is 30.2 Å². The number of halogens is 1. The first-order valence-corrected chi connectivity index (χ1v) is 13.2. The second kappa shape index (κ2) is 10.7. The Hall–Kier alpha value is -4.14. The van der Waals surface area contributed by atoms with Crippen LogP contribution in [0.2, 0.25) is 5.02 Å². The number of methoxy groups -OCH3 is 2. The molecule has 1 N–H and O–H groups in total. The molecule has 1 atom stereocenters. The van der Waals surface area contributed by atoms with Gasteiger partial charge in [-0.15, -0.1) is 0 Å². The average molecular weight is 547 g/mol. The maximum absolute atomic E-state index is 13.8.